The molecular weight excluding hydrogens is 234 g/mol. The lowest BCUT2D eigenvalue weighted by molar-refractivity contribution is -0.122. The van der Waals surface area contributed by atoms with Gasteiger partial charge in [0.15, 0.2) is 0 Å². The molecule has 1 atom stereocenters. The molecule has 0 aliphatic heterocycles. The Morgan fingerprint density at radius 2 is 1.68 bits per heavy atom. The second-order valence-corrected chi connectivity index (χ2v) is 6.11. The predicted octanol–water partition coefficient (Wildman–Crippen LogP) is 4.09. The predicted molar refractivity (Wildman–Crippen MR) is 82.0 cm³/mol. The summed E-state index contributed by atoms with van der Waals surface area (Å²) in [6.07, 6.45) is 2.72. The first-order chi connectivity index (χ1) is 8.90. The lowest BCUT2D eigenvalue weighted by Gasteiger charge is -2.21. The Labute approximate surface area is 117 Å². The number of hydrogen-bond donors (Lipinski definition) is 1. The molecule has 2 heteroatoms. The van der Waals surface area contributed by atoms with Crippen molar-refractivity contribution in [2.75, 3.05) is 5.73 Å². The van der Waals surface area contributed by atoms with Crippen molar-refractivity contribution in [2.45, 2.75) is 47.0 Å². The molecule has 0 saturated carbocycles. The molecule has 0 amide bonds. The van der Waals surface area contributed by atoms with Gasteiger partial charge in [-0.05, 0) is 42.4 Å². The molecule has 0 fully saturated rings. The minimum atomic E-state index is 0.157. The molecule has 0 saturated heterocycles. The number of hydrogen-bond acceptors (Lipinski definition) is 2. The minimum Gasteiger partial charge on any atom is -0.399 e. The first-order valence-electron chi connectivity index (χ1n) is 7.27. The molecule has 0 bridgehead atoms. The summed E-state index contributed by atoms with van der Waals surface area (Å²) in [5, 5.41) is 0. The molecular formula is C17H27NO. The van der Waals surface area contributed by atoms with Crippen molar-refractivity contribution >= 4 is 11.5 Å². The SMILES string of the molecule is CC(C)C(=O)CCC(Cc1ccc(N)cc1)C(C)C. The van der Waals surface area contributed by atoms with E-state index in [4.69, 9.17) is 5.73 Å². The molecule has 0 aromatic heterocycles. The normalized spacial score (nSPS) is 12.9. The zero-order chi connectivity index (χ0) is 14.4. The highest BCUT2D eigenvalue weighted by molar-refractivity contribution is 5.80. The van der Waals surface area contributed by atoms with E-state index in [1.54, 1.807) is 0 Å². The van der Waals surface area contributed by atoms with E-state index in [-0.39, 0.29) is 5.92 Å². The van der Waals surface area contributed by atoms with Crippen LogP contribution in [0.2, 0.25) is 0 Å². The zero-order valence-electron chi connectivity index (χ0n) is 12.6. The van der Waals surface area contributed by atoms with Crippen molar-refractivity contribution in [3.63, 3.8) is 0 Å². The average Bonchev–Trinajstić information content (AvgIpc) is 2.35. The molecule has 1 unspecified atom stereocenters. The molecule has 19 heavy (non-hydrogen) atoms. The summed E-state index contributed by atoms with van der Waals surface area (Å²) in [5.74, 6) is 1.69. The van der Waals surface area contributed by atoms with Crippen LogP contribution in [0.15, 0.2) is 24.3 Å². The van der Waals surface area contributed by atoms with Gasteiger partial charge in [-0.3, -0.25) is 4.79 Å². The number of carbonyl (C=O) groups excluding carboxylic acids is 1. The number of benzene rings is 1. The topological polar surface area (TPSA) is 43.1 Å². The third kappa shape index (κ3) is 5.46. The van der Waals surface area contributed by atoms with E-state index in [1.165, 1.54) is 5.56 Å². The Morgan fingerprint density at radius 3 is 2.16 bits per heavy atom. The second-order valence-electron chi connectivity index (χ2n) is 6.11. The monoisotopic (exact) mass is 261 g/mol. The Hall–Kier alpha value is -1.31. The van der Waals surface area contributed by atoms with Crippen LogP contribution in [0.1, 0.15) is 46.1 Å². The van der Waals surface area contributed by atoms with E-state index in [0.29, 0.717) is 24.0 Å². The molecule has 2 nitrogen and oxygen atoms in total. The van der Waals surface area contributed by atoms with Crippen LogP contribution in [0.5, 0.6) is 0 Å². The fourth-order valence-corrected chi connectivity index (χ4v) is 2.24. The molecule has 0 aliphatic rings. The van der Waals surface area contributed by atoms with E-state index in [9.17, 15) is 4.79 Å². The molecule has 0 radical (unpaired) electrons. The number of ketones is 1. The van der Waals surface area contributed by atoms with Gasteiger partial charge in [0, 0.05) is 18.0 Å². The summed E-state index contributed by atoms with van der Waals surface area (Å²) in [7, 11) is 0. The fourth-order valence-electron chi connectivity index (χ4n) is 2.24. The van der Waals surface area contributed by atoms with Gasteiger partial charge in [-0.25, -0.2) is 0 Å². The maximum Gasteiger partial charge on any atom is 0.135 e. The Bertz CT molecular complexity index is 392. The summed E-state index contributed by atoms with van der Waals surface area (Å²) in [6.45, 7) is 8.43. The van der Waals surface area contributed by atoms with Crippen LogP contribution < -0.4 is 5.73 Å². The number of nitrogen functional groups attached to an aromatic ring is 1. The number of carbonyl (C=O) groups is 1. The van der Waals surface area contributed by atoms with Crippen molar-refractivity contribution in [3.8, 4) is 0 Å². The van der Waals surface area contributed by atoms with Crippen LogP contribution in [0.25, 0.3) is 0 Å². The van der Waals surface area contributed by atoms with Crippen LogP contribution in [0.3, 0.4) is 0 Å². The third-order valence-electron chi connectivity index (χ3n) is 3.83. The lowest BCUT2D eigenvalue weighted by Crippen LogP contribution is -2.16. The summed E-state index contributed by atoms with van der Waals surface area (Å²) in [6, 6.07) is 8.09. The molecule has 0 aliphatic carbocycles. The van der Waals surface area contributed by atoms with Gasteiger partial charge in [-0.1, -0.05) is 39.8 Å². The molecule has 1 aromatic carbocycles. The van der Waals surface area contributed by atoms with Gasteiger partial charge >= 0.3 is 0 Å². The first-order valence-corrected chi connectivity index (χ1v) is 7.27. The Morgan fingerprint density at radius 1 is 1.11 bits per heavy atom. The fraction of sp³-hybridized carbons (Fsp3) is 0.588. The average molecular weight is 261 g/mol. The second kappa shape index (κ2) is 7.32. The van der Waals surface area contributed by atoms with Gasteiger partial charge in [0.2, 0.25) is 0 Å². The molecule has 2 N–H and O–H groups in total. The van der Waals surface area contributed by atoms with E-state index < -0.39 is 0 Å². The largest absolute Gasteiger partial charge is 0.399 e. The van der Waals surface area contributed by atoms with E-state index >= 15 is 0 Å². The highest BCUT2D eigenvalue weighted by Gasteiger charge is 2.17. The summed E-state index contributed by atoms with van der Waals surface area (Å²) < 4.78 is 0. The van der Waals surface area contributed by atoms with Crippen LogP contribution in [-0.2, 0) is 11.2 Å². The maximum atomic E-state index is 11.8. The van der Waals surface area contributed by atoms with Crippen LogP contribution in [0.4, 0.5) is 5.69 Å². The van der Waals surface area contributed by atoms with Gasteiger partial charge in [-0.2, -0.15) is 0 Å². The number of rotatable bonds is 7. The van der Waals surface area contributed by atoms with Gasteiger partial charge < -0.3 is 5.73 Å². The van der Waals surface area contributed by atoms with Crippen molar-refractivity contribution < 1.29 is 4.79 Å². The summed E-state index contributed by atoms with van der Waals surface area (Å²) >= 11 is 0. The lowest BCUT2D eigenvalue weighted by atomic mass is 9.84. The van der Waals surface area contributed by atoms with Gasteiger partial charge in [0.05, 0.1) is 0 Å². The van der Waals surface area contributed by atoms with E-state index in [2.05, 4.69) is 26.0 Å². The molecule has 1 rings (SSSR count). The summed E-state index contributed by atoms with van der Waals surface area (Å²) in [5.41, 5.74) is 7.82. The van der Waals surface area contributed by atoms with E-state index in [0.717, 1.165) is 18.5 Å². The highest BCUT2D eigenvalue weighted by atomic mass is 16.1. The quantitative estimate of drug-likeness (QED) is 0.751. The van der Waals surface area contributed by atoms with Crippen LogP contribution >= 0.6 is 0 Å². The summed E-state index contributed by atoms with van der Waals surface area (Å²) in [4.78, 5) is 11.8. The van der Waals surface area contributed by atoms with Gasteiger partial charge in [0.1, 0.15) is 5.78 Å². The van der Waals surface area contributed by atoms with Crippen molar-refractivity contribution in [1.82, 2.24) is 0 Å². The molecule has 0 spiro atoms. The van der Waals surface area contributed by atoms with Crippen molar-refractivity contribution in [2.24, 2.45) is 17.8 Å². The Balaban J connectivity index is 2.58. The number of nitrogens with two attached hydrogens (primary N) is 1. The molecule has 1 aromatic rings. The third-order valence-corrected chi connectivity index (χ3v) is 3.83. The highest BCUT2D eigenvalue weighted by Crippen LogP contribution is 2.23. The van der Waals surface area contributed by atoms with Crippen molar-refractivity contribution in [3.05, 3.63) is 29.8 Å². The Kier molecular flexibility index (Phi) is 6.07. The van der Waals surface area contributed by atoms with Gasteiger partial charge in [0.25, 0.3) is 0 Å². The molecule has 0 heterocycles. The number of anilines is 1. The van der Waals surface area contributed by atoms with Gasteiger partial charge in [-0.15, -0.1) is 0 Å². The van der Waals surface area contributed by atoms with E-state index in [1.807, 2.05) is 26.0 Å². The smallest absolute Gasteiger partial charge is 0.135 e. The number of Topliss-reactive ketones (excluding diaryl/α,β-unsaturated/α-hetero) is 1. The van der Waals surface area contributed by atoms with Crippen LogP contribution in [-0.4, -0.2) is 5.78 Å². The standard InChI is InChI=1S/C17H27NO/c1-12(2)15(7-10-17(19)13(3)4)11-14-5-8-16(18)9-6-14/h5-6,8-9,12-13,15H,7,10-11,18H2,1-4H3. The van der Waals surface area contributed by atoms with Crippen molar-refractivity contribution in [1.29, 1.82) is 0 Å². The maximum absolute atomic E-state index is 11.8. The first kappa shape index (κ1) is 15.7. The minimum absolute atomic E-state index is 0.157. The molecule has 106 valence electrons. The zero-order valence-corrected chi connectivity index (χ0v) is 12.6. The van der Waals surface area contributed by atoms with Crippen LogP contribution in [0, 0.1) is 17.8 Å².